The summed E-state index contributed by atoms with van der Waals surface area (Å²) in [7, 11) is 0. The van der Waals surface area contributed by atoms with Crippen LogP contribution in [-0.2, 0) is 9.53 Å². The van der Waals surface area contributed by atoms with Crippen LogP contribution in [0.4, 0.5) is 0 Å². The van der Waals surface area contributed by atoms with E-state index in [1.165, 1.54) is 0 Å². The third-order valence-corrected chi connectivity index (χ3v) is 4.00. The predicted octanol–water partition coefficient (Wildman–Crippen LogP) is 1.53. The van der Waals surface area contributed by atoms with Crippen molar-refractivity contribution >= 4 is 5.91 Å². The maximum absolute atomic E-state index is 12.5. The van der Waals surface area contributed by atoms with Crippen LogP contribution in [0.15, 0.2) is 0 Å². The zero-order chi connectivity index (χ0) is 13.3. The summed E-state index contributed by atoms with van der Waals surface area (Å²) in [5.74, 6) is 0.496. The first-order valence-electron chi connectivity index (χ1n) is 7.09. The molecule has 1 saturated heterocycles. The molecule has 1 heterocycles. The maximum atomic E-state index is 12.5. The van der Waals surface area contributed by atoms with Gasteiger partial charge in [-0.3, -0.25) is 4.79 Å². The van der Waals surface area contributed by atoms with Gasteiger partial charge in [0.1, 0.15) is 0 Å². The molecule has 1 unspecified atom stereocenters. The minimum atomic E-state index is -0.224. The fourth-order valence-electron chi connectivity index (χ4n) is 3.25. The van der Waals surface area contributed by atoms with Gasteiger partial charge in [0.15, 0.2) is 0 Å². The predicted molar refractivity (Wildman–Crippen MR) is 71.1 cm³/mol. The number of morpholine rings is 1. The summed E-state index contributed by atoms with van der Waals surface area (Å²) < 4.78 is 5.84. The normalized spacial score (nSPS) is 36.4. The summed E-state index contributed by atoms with van der Waals surface area (Å²) in [6, 6.07) is 0.300. The van der Waals surface area contributed by atoms with Gasteiger partial charge in [-0.05, 0) is 46.5 Å². The minimum Gasteiger partial charge on any atom is -0.369 e. The second-order valence-electron chi connectivity index (χ2n) is 6.52. The highest BCUT2D eigenvalue weighted by molar-refractivity contribution is 5.79. The third-order valence-electron chi connectivity index (χ3n) is 4.00. The molecule has 4 nitrogen and oxygen atoms in total. The van der Waals surface area contributed by atoms with Gasteiger partial charge in [-0.2, -0.15) is 0 Å². The van der Waals surface area contributed by atoms with Gasteiger partial charge in [0.2, 0.25) is 5.91 Å². The number of nitrogens with zero attached hydrogens (tertiary/aromatic N) is 1. The molecule has 104 valence electrons. The summed E-state index contributed by atoms with van der Waals surface area (Å²) in [6.07, 6.45) is 4.00. The van der Waals surface area contributed by atoms with Crippen molar-refractivity contribution in [2.24, 2.45) is 11.7 Å². The van der Waals surface area contributed by atoms with E-state index in [4.69, 9.17) is 10.5 Å². The van der Waals surface area contributed by atoms with E-state index < -0.39 is 0 Å². The van der Waals surface area contributed by atoms with Gasteiger partial charge in [0.05, 0.1) is 11.7 Å². The van der Waals surface area contributed by atoms with Crippen LogP contribution in [0.2, 0.25) is 0 Å². The molecule has 1 amide bonds. The first-order chi connectivity index (χ1) is 8.37. The molecule has 0 bridgehead atoms. The van der Waals surface area contributed by atoms with Crippen LogP contribution in [0.25, 0.3) is 0 Å². The Morgan fingerprint density at radius 3 is 2.44 bits per heavy atom. The van der Waals surface area contributed by atoms with E-state index in [0.29, 0.717) is 18.5 Å². The number of rotatable bonds is 1. The summed E-state index contributed by atoms with van der Waals surface area (Å²) in [5.41, 5.74) is 5.67. The van der Waals surface area contributed by atoms with Crippen molar-refractivity contribution in [3.05, 3.63) is 0 Å². The average molecular weight is 254 g/mol. The Bertz CT molecular complexity index is 309. The van der Waals surface area contributed by atoms with Crippen molar-refractivity contribution in [1.82, 2.24) is 4.90 Å². The van der Waals surface area contributed by atoms with Crippen molar-refractivity contribution in [2.75, 3.05) is 13.1 Å². The molecule has 0 aromatic rings. The molecule has 1 aliphatic heterocycles. The van der Waals surface area contributed by atoms with Gasteiger partial charge in [-0.1, -0.05) is 0 Å². The van der Waals surface area contributed by atoms with E-state index in [1.54, 1.807) is 0 Å². The standard InChI is InChI=1S/C14H26N2O2/c1-10-8-16(9-14(2,3)18-10)13(17)11-4-6-12(15)7-5-11/h10-12H,4-9,15H2,1-3H3. The molecular formula is C14H26N2O2. The quantitative estimate of drug-likeness (QED) is 0.772. The Morgan fingerprint density at radius 1 is 1.28 bits per heavy atom. The van der Waals surface area contributed by atoms with E-state index in [-0.39, 0.29) is 17.6 Å². The SMILES string of the molecule is CC1CN(C(=O)C2CCC(N)CC2)CC(C)(C)O1. The van der Waals surface area contributed by atoms with Crippen LogP contribution >= 0.6 is 0 Å². The number of carbonyl (C=O) groups is 1. The van der Waals surface area contributed by atoms with E-state index >= 15 is 0 Å². The number of nitrogens with two attached hydrogens (primary N) is 1. The summed E-state index contributed by atoms with van der Waals surface area (Å²) in [5, 5.41) is 0. The van der Waals surface area contributed by atoms with Gasteiger partial charge in [-0.25, -0.2) is 0 Å². The monoisotopic (exact) mass is 254 g/mol. The van der Waals surface area contributed by atoms with Crippen LogP contribution in [0.1, 0.15) is 46.5 Å². The van der Waals surface area contributed by atoms with Crippen molar-refractivity contribution in [3.8, 4) is 0 Å². The molecule has 2 aliphatic rings. The number of hydrogen-bond donors (Lipinski definition) is 1. The van der Waals surface area contributed by atoms with E-state index in [2.05, 4.69) is 13.8 Å². The summed E-state index contributed by atoms with van der Waals surface area (Å²) in [4.78, 5) is 14.5. The van der Waals surface area contributed by atoms with Gasteiger partial charge >= 0.3 is 0 Å². The molecule has 0 spiro atoms. The maximum Gasteiger partial charge on any atom is 0.225 e. The van der Waals surface area contributed by atoms with Crippen molar-refractivity contribution in [3.63, 3.8) is 0 Å². The highest BCUT2D eigenvalue weighted by Crippen LogP contribution is 2.28. The topological polar surface area (TPSA) is 55.6 Å². The molecule has 2 rings (SSSR count). The van der Waals surface area contributed by atoms with Crippen molar-refractivity contribution in [2.45, 2.75) is 64.2 Å². The average Bonchev–Trinajstić information content (AvgIpc) is 2.26. The Kier molecular flexibility index (Phi) is 3.97. The molecule has 1 saturated carbocycles. The molecule has 2 N–H and O–H groups in total. The lowest BCUT2D eigenvalue weighted by molar-refractivity contribution is -0.162. The molecule has 0 aromatic carbocycles. The first-order valence-corrected chi connectivity index (χ1v) is 7.09. The Labute approximate surface area is 110 Å². The second-order valence-corrected chi connectivity index (χ2v) is 6.52. The zero-order valence-electron chi connectivity index (χ0n) is 11.8. The lowest BCUT2D eigenvalue weighted by Crippen LogP contribution is -2.55. The number of amides is 1. The van der Waals surface area contributed by atoms with Crippen LogP contribution in [0, 0.1) is 5.92 Å². The summed E-state index contributed by atoms with van der Waals surface area (Å²) in [6.45, 7) is 7.58. The molecule has 1 atom stereocenters. The number of ether oxygens (including phenoxy) is 1. The molecule has 0 aromatic heterocycles. The lowest BCUT2D eigenvalue weighted by Gasteiger charge is -2.43. The van der Waals surface area contributed by atoms with Gasteiger partial charge in [0.25, 0.3) is 0 Å². The first kappa shape index (κ1) is 13.8. The molecule has 18 heavy (non-hydrogen) atoms. The van der Waals surface area contributed by atoms with Crippen LogP contribution in [0.5, 0.6) is 0 Å². The van der Waals surface area contributed by atoms with Gasteiger partial charge in [0, 0.05) is 25.0 Å². The van der Waals surface area contributed by atoms with Crippen LogP contribution < -0.4 is 5.73 Å². The van der Waals surface area contributed by atoms with E-state index in [1.807, 2.05) is 11.8 Å². The van der Waals surface area contributed by atoms with Gasteiger partial charge < -0.3 is 15.4 Å². The highest BCUT2D eigenvalue weighted by atomic mass is 16.5. The largest absolute Gasteiger partial charge is 0.369 e. The molecule has 1 aliphatic carbocycles. The number of hydrogen-bond acceptors (Lipinski definition) is 3. The fourth-order valence-corrected chi connectivity index (χ4v) is 3.25. The Morgan fingerprint density at radius 2 is 1.89 bits per heavy atom. The smallest absolute Gasteiger partial charge is 0.225 e. The van der Waals surface area contributed by atoms with Crippen molar-refractivity contribution < 1.29 is 9.53 Å². The second kappa shape index (κ2) is 5.17. The van der Waals surface area contributed by atoms with Crippen LogP contribution in [-0.4, -0.2) is 41.6 Å². The highest BCUT2D eigenvalue weighted by Gasteiger charge is 2.36. The Hall–Kier alpha value is -0.610. The summed E-state index contributed by atoms with van der Waals surface area (Å²) >= 11 is 0. The van der Waals surface area contributed by atoms with E-state index in [9.17, 15) is 4.79 Å². The molecule has 2 fully saturated rings. The van der Waals surface area contributed by atoms with E-state index in [0.717, 1.165) is 32.2 Å². The van der Waals surface area contributed by atoms with Gasteiger partial charge in [-0.15, -0.1) is 0 Å². The minimum absolute atomic E-state index is 0.128. The molecule has 0 radical (unpaired) electrons. The van der Waals surface area contributed by atoms with Crippen molar-refractivity contribution in [1.29, 1.82) is 0 Å². The number of carbonyl (C=O) groups excluding carboxylic acids is 1. The lowest BCUT2D eigenvalue weighted by atomic mass is 9.85. The Balaban J connectivity index is 1.96. The molecular weight excluding hydrogens is 228 g/mol. The third kappa shape index (κ3) is 3.23. The zero-order valence-corrected chi connectivity index (χ0v) is 11.8. The fraction of sp³-hybridized carbons (Fsp3) is 0.929. The molecule has 4 heteroatoms. The van der Waals surface area contributed by atoms with Crippen LogP contribution in [0.3, 0.4) is 0 Å².